The summed E-state index contributed by atoms with van der Waals surface area (Å²) in [5, 5.41) is 2.67. The third kappa shape index (κ3) is 6.52. The summed E-state index contributed by atoms with van der Waals surface area (Å²) in [5.41, 5.74) is 2.13. The number of anilines is 1. The molecule has 29 heavy (non-hydrogen) atoms. The summed E-state index contributed by atoms with van der Waals surface area (Å²) in [4.78, 5) is 26.4. The number of hydrogen-bond acceptors (Lipinski definition) is 5. The number of nitrogens with one attached hydrogen (secondary N) is 1. The summed E-state index contributed by atoms with van der Waals surface area (Å²) in [6, 6.07) is 11.7. The quantitative estimate of drug-likeness (QED) is 0.567. The molecule has 154 valence electrons. The van der Waals surface area contributed by atoms with Crippen LogP contribution in [0.1, 0.15) is 43.9 Å². The van der Waals surface area contributed by atoms with Gasteiger partial charge in [-0.3, -0.25) is 4.79 Å². The van der Waals surface area contributed by atoms with Gasteiger partial charge in [-0.25, -0.2) is 4.79 Å². The standard InChI is InChI=1S/C23H28N2O4/c1-18(23(27)24-17-21-7-6-16-28-21)29-22(26)13-10-19-8-11-20(12-9-19)25-14-4-2-3-5-15-25/h6-13,16,18H,2-5,14-15,17H2,1H3,(H,24,27)/b13-10+/t18-/m1/s1. The molecule has 0 saturated carbocycles. The van der Waals surface area contributed by atoms with E-state index in [1.807, 2.05) is 12.1 Å². The van der Waals surface area contributed by atoms with Crippen molar-refractivity contribution in [2.24, 2.45) is 0 Å². The Morgan fingerprint density at radius 2 is 1.86 bits per heavy atom. The molecule has 2 aromatic rings. The van der Waals surface area contributed by atoms with Crippen LogP contribution >= 0.6 is 0 Å². The summed E-state index contributed by atoms with van der Waals surface area (Å²) in [6.07, 6.45) is 8.78. The molecule has 1 amide bonds. The van der Waals surface area contributed by atoms with Crippen LogP contribution in [-0.4, -0.2) is 31.1 Å². The molecule has 0 aliphatic carbocycles. The number of furan rings is 1. The van der Waals surface area contributed by atoms with Gasteiger partial charge in [0.25, 0.3) is 5.91 Å². The molecule has 1 aromatic heterocycles. The Kier molecular flexibility index (Phi) is 7.50. The maximum Gasteiger partial charge on any atom is 0.331 e. The van der Waals surface area contributed by atoms with Crippen LogP contribution in [0, 0.1) is 0 Å². The minimum Gasteiger partial charge on any atom is -0.467 e. The Balaban J connectivity index is 1.46. The minimum atomic E-state index is -0.882. The van der Waals surface area contributed by atoms with E-state index < -0.39 is 12.1 Å². The fourth-order valence-corrected chi connectivity index (χ4v) is 3.29. The van der Waals surface area contributed by atoms with Crippen LogP contribution in [0.15, 0.2) is 53.2 Å². The highest BCUT2D eigenvalue weighted by molar-refractivity contribution is 5.90. The first-order chi connectivity index (χ1) is 14.1. The van der Waals surface area contributed by atoms with Crippen LogP contribution in [0.3, 0.4) is 0 Å². The van der Waals surface area contributed by atoms with Crippen molar-refractivity contribution < 1.29 is 18.7 Å². The van der Waals surface area contributed by atoms with Crippen molar-refractivity contribution in [3.8, 4) is 0 Å². The molecule has 1 saturated heterocycles. The first kappa shape index (κ1) is 20.7. The van der Waals surface area contributed by atoms with Crippen molar-refractivity contribution in [2.75, 3.05) is 18.0 Å². The SMILES string of the molecule is C[C@@H](OC(=O)/C=C/c1ccc(N2CCCCCC2)cc1)C(=O)NCc1ccco1. The molecule has 0 unspecified atom stereocenters. The molecule has 6 heteroatoms. The van der Waals surface area contributed by atoms with Crippen molar-refractivity contribution >= 4 is 23.6 Å². The fourth-order valence-electron chi connectivity index (χ4n) is 3.29. The molecule has 0 radical (unpaired) electrons. The second-order valence-corrected chi connectivity index (χ2v) is 7.20. The molecule has 1 N–H and O–H groups in total. The average molecular weight is 396 g/mol. The fraction of sp³-hybridized carbons (Fsp3) is 0.391. The average Bonchev–Trinajstić information content (AvgIpc) is 3.11. The van der Waals surface area contributed by atoms with Crippen molar-refractivity contribution in [2.45, 2.75) is 45.3 Å². The molecule has 3 rings (SSSR count). The number of hydrogen-bond donors (Lipinski definition) is 1. The van der Waals surface area contributed by atoms with Gasteiger partial charge in [-0.15, -0.1) is 0 Å². The minimum absolute atomic E-state index is 0.257. The molecule has 0 spiro atoms. The molecule has 0 bridgehead atoms. The summed E-state index contributed by atoms with van der Waals surface area (Å²) >= 11 is 0. The summed E-state index contributed by atoms with van der Waals surface area (Å²) in [5.74, 6) is -0.285. The van der Waals surface area contributed by atoms with Crippen LogP contribution in [0.4, 0.5) is 5.69 Å². The predicted octanol–water partition coefficient (Wildman–Crippen LogP) is 3.92. The van der Waals surface area contributed by atoms with E-state index in [0.717, 1.165) is 18.7 Å². The number of benzene rings is 1. The lowest BCUT2D eigenvalue weighted by Crippen LogP contribution is -2.35. The molecule has 1 aliphatic heterocycles. The van der Waals surface area contributed by atoms with Gasteiger partial charge in [0.15, 0.2) is 6.10 Å². The van der Waals surface area contributed by atoms with Crippen molar-refractivity contribution in [1.29, 1.82) is 0 Å². The summed E-state index contributed by atoms with van der Waals surface area (Å²) in [7, 11) is 0. The molecule has 1 fully saturated rings. The van der Waals surface area contributed by atoms with Gasteiger partial charge >= 0.3 is 5.97 Å². The molecular formula is C23H28N2O4. The zero-order valence-corrected chi connectivity index (χ0v) is 16.8. The number of carbonyl (C=O) groups excluding carboxylic acids is 2. The van der Waals surface area contributed by atoms with E-state index in [1.165, 1.54) is 43.7 Å². The summed E-state index contributed by atoms with van der Waals surface area (Å²) < 4.78 is 10.3. The molecule has 1 aromatic carbocycles. The number of rotatable bonds is 7. The van der Waals surface area contributed by atoms with Crippen LogP contribution in [0.5, 0.6) is 0 Å². The molecule has 2 heterocycles. The third-order valence-corrected chi connectivity index (χ3v) is 4.96. The number of ether oxygens (including phenoxy) is 1. The zero-order valence-electron chi connectivity index (χ0n) is 16.8. The number of esters is 1. The van der Waals surface area contributed by atoms with E-state index in [2.05, 4.69) is 22.3 Å². The lowest BCUT2D eigenvalue weighted by Gasteiger charge is -2.22. The predicted molar refractivity (Wildman–Crippen MR) is 112 cm³/mol. The smallest absolute Gasteiger partial charge is 0.331 e. The Hall–Kier alpha value is -3.02. The van der Waals surface area contributed by atoms with Gasteiger partial charge in [-0.1, -0.05) is 25.0 Å². The van der Waals surface area contributed by atoms with E-state index in [9.17, 15) is 9.59 Å². The highest BCUT2D eigenvalue weighted by Crippen LogP contribution is 2.20. The zero-order chi connectivity index (χ0) is 20.5. The van der Waals surface area contributed by atoms with Gasteiger partial charge in [-0.2, -0.15) is 0 Å². The van der Waals surface area contributed by atoms with E-state index in [4.69, 9.17) is 9.15 Å². The van der Waals surface area contributed by atoms with E-state index in [-0.39, 0.29) is 12.5 Å². The second kappa shape index (κ2) is 10.5. The highest BCUT2D eigenvalue weighted by atomic mass is 16.5. The topological polar surface area (TPSA) is 71.8 Å². The monoisotopic (exact) mass is 396 g/mol. The summed E-state index contributed by atoms with van der Waals surface area (Å²) in [6.45, 7) is 3.99. The van der Waals surface area contributed by atoms with Crippen LogP contribution in [0.2, 0.25) is 0 Å². The van der Waals surface area contributed by atoms with Crippen LogP contribution < -0.4 is 10.2 Å². The molecule has 1 aliphatic rings. The van der Waals surface area contributed by atoms with Gasteiger partial charge < -0.3 is 19.4 Å². The lowest BCUT2D eigenvalue weighted by atomic mass is 10.1. The Labute approximate surface area is 171 Å². The highest BCUT2D eigenvalue weighted by Gasteiger charge is 2.16. The third-order valence-electron chi connectivity index (χ3n) is 4.96. The first-order valence-corrected chi connectivity index (χ1v) is 10.2. The normalized spacial score (nSPS) is 15.7. The maximum atomic E-state index is 12.0. The number of carbonyl (C=O) groups is 2. The number of amides is 1. The number of nitrogens with zero attached hydrogens (tertiary/aromatic N) is 1. The molecular weight excluding hydrogens is 368 g/mol. The van der Waals surface area contributed by atoms with Gasteiger partial charge in [0, 0.05) is 24.9 Å². The second-order valence-electron chi connectivity index (χ2n) is 7.20. The van der Waals surface area contributed by atoms with Crippen LogP contribution in [-0.2, 0) is 20.9 Å². The van der Waals surface area contributed by atoms with Gasteiger partial charge in [0.1, 0.15) is 5.76 Å². The van der Waals surface area contributed by atoms with E-state index in [0.29, 0.717) is 5.76 Å². The van der Waals surface area contributed by atoms with Crippen LogP contribution in [0.25, 0.3) is 6.08 Å². The lowest BCUT2D eigenvalue weighted by molar-refractivity contribution is -0.150. The largest absolute Gasteiger partial charge is 0.467 e. The van der Waals surface area contributed by atoms with Gasteiger partial charge in [0.05, 0.1) is 12.8 Å². The van der Waals surface area contributed by atoms with Gasteiger partial charge in [0.2, 0.25) is 0 Å². The molecule has 1 atom stereocenters. The van der Waals surface area contributed by atoms with E-state index in [1.54, 1.807) is 25.1 Å². The van der Waals surface area contributed by atoms with Crippen molar-refractivity contribution in [3.63, 3.8) is 0 Å². The van der Waals surface area contributed by atoms with Gasteiger partial charge in [-0.05, 0) is 55.7 Å². The Morgan fingerprint density at radius 3 is 2.52 bits per heavy atom. The maximum absolute atomic E-state index is 12.0. The van der Waals surface area contributed by atoms with Crippen molar-refractivity contribution in [1.82, 2.24) is 5.32 Å². The van der Waals surface area contributed by atoms with E-state index >= 15 is 0 Å². The van der Waals surface area contributed by atoms with Crippen molar-refractivity contribution in [3.05, 3.63) is 60.1 Å². The molecule has 6 nitrogen and oxygen atoms in total. The first-order valence-electron chi connectivity index (χ1n) is 10.2. The Bertz CT molecular complexity index is 804. The Morgan fingerprint density at radius 1 is 1.14 bits per heavy atom.